The Morgan fingerprint density at radius 2 is 2.19 bits per heavy atom. The average molecular weight is 389 g/mol. The Morgan fingerprint density at radius 1 is 1.37 bits per heavy atom. The van der Waals surface area contributed by atoms with E-state index in [1.54, 1.807) is 37.2 Å². The van der Waals surface area contributed by atoms with Gasteiger partial charge in [-0.15, -0.1) is 11.8 Å². The van der Waals surface area contributed by atoms with E-state index in [0.29, 0.717) is 19.7 Å². The smallest absolute Gasteiger partial charge is 0.237 e. The lowest BCUT2D eigenvalue weighted by Gasteiger charge is -2.23. The van der Waals surface area contributed by atoms with Gasteiger partial charge in [0, 0.05) is 49.3 Å². The lowest BCUT2D eigenvalue weighted by molar-refractivity contribution is -0.125. The van der Waals surface area contributed by atoms with E-state index in [9.17, 15) is 9.18 Å². The van der Waals surface area contributed by atoms with Gasteiger partial charge in [0.15, 0.2) is 0 Å². The Labute approximate surface area is 163 Å². The Hall–Kier alpha value is -1.96. The highest BCUT2D eigenvalue weighted by Crippen LogP contribution is 2.33. The highest BCUT2D eigenvalue weighted by Gasteiger charge is 2.37. The van der Waals surface area contributed by atoms with Crippen LogP contribution in [0, 0.1) is 5.82 Å². The summed E-state index contributed by atoms with van der Waals surface area (Å²) in [6.45, 7) is 2.47. The summed E-state index contributed by atoms with van der Waals surface area (Å²) in [7, 11) is 1.62. The molecular formula is C20H24FN3O2S. The van der Waals surface area contributed by atoms with E-state index < -0.39 is 0 Å². The topological polar surface area (TPSA) is 54.5 Å². The second kappa shape index (κ2) is 9.82. The largest absolute Gasteiger partial charge is 0.383 e. The van der Waals surface area contributed by atoms with Gasteiger partial charge in [-0.3, -0.25) is 14.7 Å². The van der Waals surface area contributed by atoms with Crippen molar-refractivity contribution in [2.45, 2.75) is 29.2 Å². The molecule has 3 rings (SSSR count). The molecule has 1 N–H and O–H groups in total. The SMILES string of the molecule is COCCNC(=O)[C@@H]1C[C@@H](Sc2ccc(F)cc2)CN1Cc1cccnc1. The summed E-state index contributed by atoms with van der Waals surface area (Å²) < 4.78 is 18.1. The second-order valence-corrected chi connectivity index (χ2v) is 7.89. The number of ether oxygens (including phenoxy) is 1. The monoisotopic (exact) mass is 389 g/mol. The maximum atomic E-state index is 13.1. The molecule has 0 aliphatic carbocycles. The summed E-state index contributed by atoms with van der Waals surface area (Å²) in [6, 6.07) is 10.3. The van der Waals surface area contributed by atoms with Crippen molar-refractivity contribution in [1.82, 2.24) is 15.2 Å². The van der Waals surface area contributed by atoms with Crippen LogP contribution in [0.4, 0.5) is 4.39 Å². The summed E-state index contributed by atoms with van der Waals surface area (Å²) >= 11 is 1.70. The predicted molar refractivity (Wildman–Crippen MR) is 104 cm³/mol. The summed E-state index contributed by atoms with van der Waals surface area (Å²) in [4.78, 5) is 20.1. The lowest BCUT2D eigenvalue weighted by atomic mass is 10.2. The number of carbonyl (C=O) groups excluding carboxylic acids is 1. The number of nitrogens with zero attached hydrogens (tertiary/aromatic N) is 2. The maximum absolute atomic E-state index is 13.1. The number of amides is 1. The van der Waals surface area contributed by atoms with Crippen LogP contribution in [0.5, 0.6) is 0 Å². The van der Waals surface area contributed by atoms with Gasteiger partial charge in [-0.1, -0.05) is 6.07 Å². The number of aromatic nitrogens is 1. The Bertz CT molecular complexity index is 730. The third-order valence-electron chi connectivity index (χ3n) is 4.50. The van der Waals surface area contributed by atoms with E-state index in [1.165, 1.54) is 12.1 Å². The number of rotatable bonds is 8. The van der Waals surface area contributed by atoms with Crippen molar-refractivity contribution in [2.75, 3.05) is 26.8 Å². The number of pyridine rings is 1. The van der Waals surface area contributed by atoms with E-state index >= 15 is 0 Å². The first-order valence-corrected chi connectivity index (χ1v) is 9.85. The molecule has 0 bridgehead atoms. The molecule has 1 saturated heterocycles. The molecule has 0 spiro atoms. The zero-order chi connectivity index (χ0) is 19.1. The van der Waals surface area contributed by atoms with Crippen LogP contribution in [0.1, 0.15) is 12.0 Å². The molecule has 0 saturated carbocycles. The third kappa shape index (κ3) is 5.76. The average Bonchev–Trinajstić information content (AvgIpc) is 3.07. The fraction of sp³-hybridized carbons (Fsp3) is 0.400. The standard InChI is InChI=1S/C20H24FN3O2S/c1-26-10-9-23-20(25)19-11-18(27-17-6-4-16(21)5-7-17)14-24(19)13-15-3-2-8-22-12-15/h2-8,12,18-19H,9-11,13-14H2,1H3,(H,23,25)/t18-,19+/m1/s1. The fourth-order valence-electron chi connectivity index (χ4n) is 3.22. The van der Waals surface area contributed by atoms with Crippen molar-refractivity contribution in [3.05, 3.63) is 60.2 Å². The van der Waals surface area contributed by atoms with Crippen LogP contribution in [0.3, 0.4) is 0 Å². The van der Waals surface area contributed by atoms with Crippen LogP contribution < -0.4 is 5.32 Å². The minimum absolute atomic E-state index is 0.0261. The van der Waals surface area contributed by atoms with Gasteiger partial charge in [0.25, 0.3) is 0 Å². The van der Waals surface area contributed by atoms with Crippen LogP contribution in [-0.4, -0.2) is 53.9 Å². The fourth-order valence-corrected chi connectivity index (χ4v) is 4.44. The van der Waals surface area contributed by atoms with E-state index in [4.69, 9.17) is 4.74 Å². The highest BCUT2D eigenvalue weighted by molar-refractivity contribution is 8.00. The van der Waals surface area contributed by atoms with E-state index in [-0.39, 0.29) is 23.0 Å². The Kier molecular flexibility index (Phi) is 7.20. The molecule has 1 aliphatic rings. The van der Waals surface area contributed by atoms with E-state index in [2.05, 4.69) is 15.2 Å². The normalized spacial score (nSPS) is 19.9. The zero-order valence-electron chi connectivity index (χ0n) is 15.3. The van der Waals surface area contributed by atoms with Crippen LogP contribution in [-0.2, 0) is 16.1 Å². The number of carbonyl (C=O) groups is 1. The second-order valence-electron chi connectivity index (χ2n) is 6.52. The van der Waals surface area contributed by atoms with E-state index in [0.717, 1.165) is 23.4 Å². The first kappa shape index (κ1) is 19.8. The number of benzene rings is 1. The molecule has 1 fully saturated rings. The van der Waals surface area contributed by atoms with Crippen LogP contribution >= 0.6 is 11.8 Å². The minimum atomic E-state index is -0.237. The van der Waals surface area contributed by atoms with E-state index in [1.807, 2.05) is 18.3 Å². The Balaban J connectivity index is 1.67. The summed E-state index contributed by atoms with van der Waals surface area (Å²) in [5.74, 6) is -0.211. The Morgan fingerprint density at radius 3 is 2.89 bits per heavy atom. The van der Waals surface area contributed by atoms with Crippen LogP contribution in [0.25, 0.3) is 0 Å². The molecule has 2 atom stereocenters. The summed E-state index contributed by atoms with van der Waals surface area (Å²) in [6.07, 6.45) is 4.33. The number of hydrogen-bond acceptors (Lipinski definition) is 5. The van der Waals surface area contributed by atoms with Gasteiger partial charge in [-0.05, 0) is 42.3 Å². The van der Waals surface area contributed by atoms with Crippen molar-refractivity contribution < 1.29 is 13.9 Å². The zero-order valence-corrected chi connectivity index (χ0v) is 16.1. The molecule has 27 heavy (non-hydrogen) atoms. The molecule has 0 unspecified atom stereocenters. The first-order valence-electron chi connectivity index (χ1n) is 8.97. The molecule has 2 heterocycles. The van der Waals surface area contributed by atoms with Crippen molar-refractivity contribution in [3.8, 4) is 0 Å². The van der Waals surface area contributed by atoms with Crippen molar-refractivity contribution >= 4 is 17.7 Å². The summed E-state index contributed by atoms with van der Waals surface area (Å²) in [5, 5.41) is 3.22. The van der Waals surface area contributed by atoms with Gasteiger partial charge in [0.05, 0.1) is 12.6 Å². The van der Waals surface area contributed by atoms with Crippen molar-refractivity contribution in [3.63, 3.8) is 0 Å². The van der Waals surface area contributed by atoms with Crippen molar-refractivity contribution in [2.24, 2.45) is 0 Å². The van der Waals surface area contributed by atoms with Crippen LogP contribution in [0.15, 0.2) is 53.7 Å². The molecule has 1 aromatic heterocycles. The highest BCUT2D eigenvalue weighted by atomic mass is 32.2. The number of likely N-dealkylation sites (tertiary alicyclic amines) is 1. The van der Waals surface area contributed by atoms with Crippen LogP contribution in [0.2, 0.25) is 0 Å². The number of nitrogens with one attached hydrogen (secondary N) is 1. The quantitative estimate of drug-likeness (QED) is 0.704. The molecular weight excluding hydrogens is 365 g/mol. The predicted octanol–water partition coefficient (Wildman–Crippen LogP) is 2.72. The summed E-state index contributed by atoms with van der Waals surface area (Å²) in [5.41, 5.74) is 1.08. The first-order chi connectivity index (χ1) is 13.2. The maximum Gasteiger partial charge on any atom is 0.237 e. The minimum Gasteiger partial charge on any atom is -0.383 e. The lowest BCUT2D eigenvalue weighted by Crippen LogP contribution is -2.43. The molecule has 5 nitrogen and oxygen atoms in total. The van der Waals surface area contributed by atoms with Gasteiger partial charge in [-0.25, -0.2) is 4.39 Å². The van der Waals surface area contributed by atoms with Gasteiger partial charge in [0.2, 0.25) is 5.91 Å². The number of methoxy groups -OCH3 is 1. The van der Waals surface area contributed by atoms with Gasteiger partial charge < -0.3 is 10.1 Å². The number of hydrogen-bond donors (Lipinski definition) is 1. The van der Waals surface area contributed by atoms with Crippen molar-refractivity contribution in [1.29, 1.82) is 0 Å². The molecule has 1 aliphatic heterocycles. The molecule has 144 valence electrons. The molecule has 7 heteroatoms. The molecule has 2 aromatic rings. The number of halogens is 1. The van der Waals surface area contributed by atoms with Gasteiger partial charge in [0.1, 0.15) is 5.82 Å². The molecule has 1 aromatic carbocycles. The number of thioether (sulfide) groups is 1. The molecule has 0 radical (unpaired) electrons. The van der Waals surface area contributed by atoms with Gasteiger partial charge >= 0.3 is 0 Å². The third-order valence-corrected chi connectivity index (χ3v) is 5.72. The molecule has 1 amide bonds. The van der Waals surface area contributed by atoms with Gasteiger partial charge in [-0.2, -0.15) is 0 Å².